The Hall–Kier alpha value is -3.05. The van der Waals surface area contributed by atoms with Gasteiger partial charge in [-0.05, 0) is 29.8 Å². The Balaban J connectivity index is 1.56. The van der Waals surface area contributed by atoms with Gasteiger partial charge in [-0.25, -0.2) is 14.7 Å². The van der Waals surface area contributed by atoms with E-state index in [0.717, 1.165) is 22.3 Å². The number of nitrogens with one attached hydrogen (secondary N) is 4. The first-order valence-corrected chi connectivity index (χ1v) is 9.94. The number of hydrogen-bond donors (Lipinski definition) is 4. The normalized spacial score (nSPS) is 12.1. The topological polar surface area (TPSA) is 131 Å². The summed E-state index contributed by atoms with van der Waals surface area (Å²) < 4.78 is 23.9. The van der Waals surface area contributed by atoms with Gasteiger partial charge < -0.3 is 20.2 Å². The number of hydrogen-bond acceptors (Lipinski definition) is 7. The fourth-order valence-corrected chi connectivity index (χ4v) is 3.13. The SMILES string of the molecule is O=S([O-])NCc1ccccc1Nc1nc(Nc2ccc3nc[nH]c3c2)ncc1Cl. The Kier molecular flexibility index (Phi) is 5.67. The Morgan fingerprint density at radius 3 is 2.86 bits per heavy atom. The van der Waals surface area contributed by atoms with Crippen LogP contribution in [0.3, 0.4) is 0 Å². The number of nitrogens with zero attached hydrogens (tertiary/aromatic N) is 3. The highest BCUT2D eigenvalue weighted by Crippen LogP contribution is 2.27. The van der Waals surface area contributed by atoms with Crippen LogP contribution in [-0.4, -0.2) is 28.7 Å². The second kappa shape index (κ2) is 8.53. The number of halogens is 1. The third-order valence-electron chi connectivity index (χ3n) is 4.07. The first-order chi connectivity index (χ1) is 14.1. The van der Waals surface area contributed by atoms with Crippen molar-refractivity contribution in [2.75, 3.05) is 10.6 Å². The van der Waals surface area contributed by atoms with Gasteiger partial charge in [0.2, 0.25) is 5.95 Å². The lowest BCUT2D eigenvalue weighted by atomic mass is 10.2. The standard InChI is InChI=1S/C18H16ClN7O2S/c19-13-9-20-18(24-12-5-6-15-16(7-12)22-10-21-15)26-17(13)25-14-4-2-1-3-11(14)8-23-29(27)28/h1-7,9-10,23H,8H2,(H,21,22)(H,27,28)(H2,20,24,25,26)/p-1. The molecular formula is C18H15ClN7O2S-. The summed E-state index contributed by atoms with van der Waals surface area (Å²) in [7, 11) is 0. The fourth-order valence-electron chi connectivity index (χ4n) is 2.72. The third-order valence-corrected chi connectivity index (χ3v) is 4.73. The predicted octanol–water partition coefficient (Wildman–Crippen LogP) is 3.38. The van der Waals surface area contributed by atoms with Crippen LogP contribution in [0, 0.1) is 0 Å². The first kappa shape index (κ1) is 19.3. The van der Waals surface area contributed by atoms with Crippen LogP contribution in [0.5, 0.6) is 0 Å². The van der Waals surface area contributed by atoms with Gasteiger partial charge in [-0.15, -0.1) is 0 Å². The Morgan fingerprint density at radius 2 is 2.00 bits per heavy atom. The number of para-hydroxylation sites is 1. The van der Waals surface area contributed by atoms with E-state index in [1.807, 2.05) is 36.4 Å². The number of fused-ring (bicyclic) bond motifs is 1. The lowest BCUT2D eigenvalue weighted by molar-refractivity contribution is 0.522. The number of H-pyrrole nitrogens is 1. The van der Waals surface area contributed by atoms with Crippen molar-refractivity contribution in [3.8, 4) is 0 Å². The van der Waals surface area contributed by atoms with Crippen LogP contribution >= 0.6 is 11.6 Å². The highest BCUT2D eigenvalue weighted by atomic mass is 35.5. The summed E-state index contributed by atoms with van der Waals surface area (Å²) in [6.45, 7) is 0.136. The molecule has 0 radical (unpaired) electrons. The molecule has 2 aromatic heterocycles. The van der Waals surface area contributed by atoms with Crippen molar-refractivity contribution in [1.29, 1.82) is 0 Å². The summed E-state index contributed by atoms with van der Waals surface area (Å²) in [5.74, 6) is 0.745. The molecule has 9 nitrogen and oxygen atoms in total. The van der Waals surface area contributed by atoms with Crippen molar-refractivity contribution in [2.45, 2.75) is 6.54 Å². The van der Waals surface area contributed by atoms with Crippen molar-refractivity contribution in [1.82, 2.24) is 24.7 Å². The van der Waals surface area contributed by atoms with Crippen molar-refractivity contribution in [3.05, 3.63) is 65.6 Å². The van der Waals surface area contributed by atoms with Crippen molar-refractivity contribution < 1.29 is 8.76 Å². The lowest BCUT2D eigenvalue weighted by Gasteiger charge is -2.14. The van der Waals surface area contributed by atoms with Gasteiger partial charge in [-0.2, -0.15) is 4.98 Å². The summed E-state index contributed by atoms with van der Waals surface area (Å²) in [4.78, 5) is 15.9. The zero-order chi connectivity index (χ0) is 20.2. The number of imidazole rings is 1. The second-order valence-corrected chi connectivity index (χ2v) is 7.15. The van der Waals surface area contributed by atoms with E-state index in [0.29, 0.717) is 22.5 Å². The average molecular weight is 429 g/mol. The van der Waals surface area contributed by atoms with Crippen LogP contribution in [0.2, 0.25) is 5.02 Å². The van der Waals surface area contributed by atoms with Gasteiger partial charge in [0, 0.05) is 29.2 Å². The maximum absolute atomic E-state index is 10.8. The summed E-state index contributed by atoms with van der Waals surface area (Å²) in [6, 6.07) is 12.9. The molecule has 4 rings (SSSR count). The molecule has 0 fully saturated rings. The summed E-state index contributed by atoms with van der Waals surface area (Å²) >= 11 is 3.89. The molecule has 0 bridgehead atoms. The minimum Gasteiger partial charge on any atom is -0.760 e. The van der Waals surface area contributed by atoms with Gasteiger partial charge in [0.05, 0.1) is 23.6 Å². The molecule has 2 heterocycles. The molecular weight excluding hydrogens is 414 g/mol. The van der Waals surface area contributed by atoms with E-state index in [4.69, 9.17) is 11.6 Å². The molecule has 2 aromatic carbocycles. The van der Waals surface area contributed by atoms with Crippen LogP contribution in [0.15, 0.2) is 55.0 Å². The van der Waals surface area contributed by atoms with Crippen molar-refractivity contribution in [3.63, 3.8) is 0 Å². The maximum atomic E-state index is 10.8. The summed E-state index contributed by atoms with van der Waals surface area (Å²) in [5.41, 5.74) is 3.96. The van der Waals surface area contributed by atoms with E-state index in [9.17, 15) is 8.76 Å². The minimum absolute atomic E-state index is 0.136. The smallest absolute Gasteiger partial charge is 0.229 e. The molecule has 1 unspecified atom stereocenters. The summed E-state index contributed by atoms with van der Waals surface area (Å²) in [5, 5.41) is 6.60. The van der Waals surface area contributed by atoms with Gasteiger partial charge in [0.15, 0.2) is 5.82 Å². The quantitative estimate of drug-likeness (QED) is 0.332. The minimum atomic E-state index is -2.36. The molecule has 0 amide bonds. The van der Waals surface area contributed by atoms with Crippen LogP contribution in [0.25, 0.3) is 11.0 Å². The van der Waals surface area contributed by atoms with Crippen LogP contribution < -0.4 is 15.4 Å². The number of benzene rings is 2. The zero-order valence-corrected chi connectivity index (χ0v) is 16.4. The second-order valence-electron chi connectivity index (χ2n) is 5.99. The van der Waals surface area contributed by atoms with E-state index < -0.39 is 11.3 Å². The van der Waals surface area contributed by atoms with Crippen LogP contribution in [-0.2, 0) is 17.8 Å². The van der Waals surface area contributed by atoms with Crippen LogP contribution in [0.4, 0.5) is 23.1 Å². The van der Waals surface area contributed by atoms with E-state index >= 15 is 0 Å². The largest absolute Gasteiger partial charge is 0.760 e. The molecule has 0 aliphatic carbocycles. The monoisotopic (exact) mass is 428 g/mol. The molecule has 4 aromatic rings. The number of aromatic nitrogens is 4. The molecule has 11 heteroatoms. The van der Waals surface area contributed by atoms with E-state index in [-0.39, 0.29) is 6.54 Å². The van der Waals surface area contributed by atoms with Gasteiger partial charge in [0.1, 0.15) is 5.02 Å². The average Bonchev–Trinajstić information content (AvgIpc) is 3.17. The third kappa shape index (κ3) is 4.69. The predicted molar refractivity (Wildman–Crippen MR) is 112 cm³/mol. The molecule has 29 heavy (non-hydrogen) atoms. The van der Waals surface area contributed by atoms with Crippen molar-refractivity contribution in [2.24, 2.45) is 0 Å². The molecule has 0 spiro atoms. The van der Waals surface area contributed by atoms with E-state index in [2.05, 4.69) is 35.3 Å². The van der Waals surface area contributed by atoms with Gasteiger partial charge in [0.25, 0.3) is 0 Å². The molecule has 148 valence electrons. The Labute approximate surface area is 173 Å². The lowest BCUT2D eigenvalue weighted by Crippen LogP contribution is -2.16. The molecule has 0 saturated heterocycles. The first-order valence-electron chi connectivity index (χ1n) is 8.49. The van der Waals surface area contributed by atoms with E-state index in [1.165, 1.54) is 6.20 Å². The Morgan fingerprint density at radius 1 is 1.14 bits per heavy atom. The Bertz CT molecular complexity index is 1180. The van der Waals surface area contributed by atoms with Crippen molar-refractivity contribution >= 4 is 57.0 Å². The molecule has 0 aliphatic rings. The molecule has 4 N–H and O–H groups in total. The zero-order valence-electron chi connectivity index (χ0n) is 14.8. The fraction of sp³-hybridized carbons (Fsp3) is 0.0556. The molecule has 0 saturated carbocycles. The van der Waals surface area contributed by atoms with Crippen LogP contribution in [0.1, 0.15) is 5.56 Å². The highest BCUT2D eigenvalue weighted by molar-refractivity contribution is 7.77. The summed E-state index contributed by atoms with van der Waals surface area (Å²) in [6.07, 6.45) is 3.12. The van der Waals surface area contributed by atoms with Gasteiger partial charge >= 0.3 is 0 Å². The van der Waals surface area contributed by atoms with E-state index in [1.54, 1.807) is 12.4 Å². The van der Waals surface area contributed by atoms with Gasteiger partial charge in [-0.1, -0.05) is 29.8 Å². The number of rotatable bonds is 7. The highest BCUT2D eigenvalue weighted by Gasteiger charge is 2.09. The molecule has 0 aliphatic heterocycles. The number of aromatic amines is 1. The maximum Gasteiger partial charge on any atom is 0.229 e. The number of anilines is 4. The molecule has 1 atom stereocenters. The van der Waals surface area contributed by atoms with Gasteiger partial charge in [-0.3, -0.25) is 4.21 Å².